The van der Waals surface area contributed by atoms with Gasteiger partial charge < -0.3 is 20.8 Å². The highest BCUT2D eigenvalue weighted by Crippen LogP contribution is 2.50. The second-order valence-corrected chi connectivity index (χ2v) is 11.9. The monoisotopic (exact) mass is 708 g/mol. The van der Waals surface area contributed by atoms with E-state index in [9.17, 15) is 24.6 Å². The van der Waals surface area contributed by atoms with Crippen LogP contribution in [0.25, 0.3) is 0 Å². The van der Waals surface area contributed by atoms with E-state index in [1.807, 2.05) is 0 Å². The Labute approximate surface area is 289 Å². The Morgan fingerprint density at radius 2 is 1.34 bits per heavy atom. The number of azo groups is 2. The minimum absolute atomic E-state index is 0.104. The normalized spacial score (nSPS) is 18.5. The third-order valence-electron chi connectivity index (χ3n) is 8.02. The highest BCUT2D eigenvalue weighted by molar-refractivity contribution is 6.31. The number of hydrogen-bond donors (Lipinski definition) is 4. The largest absolute Gasteiger partial charge is 0.493 e. The number of nitrogens with zero attached hydrogens (tertiary/aromatic N) is 10. The van der Waals surface area contributed by atoms with Gasteiger partial charge in [-0.25, -0.2) is 23.7 Å². The number of nitrogens with one attached hydrogen (secondary N) is 2. The molecule has 0 bridgehead atoms. The molecule has 0 fully saturated rings. The number of halogens is 2. The topological polar surface area (TPSA) is 226 Å². The quantitative estimate of drug-likeness (QED) is 0.160. The number of Topliss-reactive ketones (excluding diaryl/α,β-unsaturated/α-hetero) is 1. The van der Waals surface area contributed by atoms with Gasteiger partial charge >= 0.3 is 12.1 Å². The molecule has 1 aliphatic carbocycles. The van der Waals surface area contributed by atoms with Crippen molar-refractivity contribution in [1.29, 1.82) is 0 Å². The summed E-state index contributed by atoms with van der Waals surface area (Å²) in [5, 5.41) is 44.4. The molecule has 246 valence electrons. The summed E-state index contributed by atoms with van der Waals surface area (Å²) in [6.07, 6.45) is -0.104. The molecule has 1 unspecified atom stereocenters. The van der Waals surface area contributed by atoms with Gasteiger partial charge in [0.2, 0.25) is 11.7 Å². The van der Waals surface area contributed by atoms with E-state index in [2.05, 4.69) is 51.0 Å². The number of urea groups is 2. The number of aromatic hydroxyl groups is 2. The van der Waals surface area contributed by atoms with Gasteiger partial charge in [0.1, 0.15) is 16.9 Å². The number of aromatic nitrogens is 4. The Hall–Kier alpha value is -6.59. The number of fused-ring (bicyclic) bond motifs is 3. The smallest absolute Gasteiger partial charge is 0.348 e. The number of imidazole rings is 2. The van der Waals surface area contributed by atoms with Crippen LogP contribution >= 0.6 is 23.2 Å². The van der Waals surface area contributed by atoms with Crippen molar-refractivity contribution in [2.75, 3.05) is 10.6 Å². The van der Waals surface area contributed by atoms with Gasteiger partial charge in [0.15, 0.2) is 5.78 Å². The Balaban J connectivity index is 1.23. The molecule has 8 rings (SSSR count). The zero-order valence-corrected chi connectivity index (χ0v) is 26.5. The Morgan fingerprint density at radius 1 is 0.760 bits per heavy atom. The van der Waals surface area contributed by atoms with Crippen LogP contribution in [-0.2, 0) is 11.8 Å². The molecule has 2 aromatic heterocycles. The fraction of sp³-hybridized carbons (Fsp3) is 0.0645. The molecule has 0 spiro atoms. The van der Waals surface area contributed by atoms with Crippen LogP contribution in [0.3, 0.4) is 0 Å². The molecule has 5 aromatic rings. The SMILES string of the molecule is O=C(N=C1N=Nc2nc(C3(c4nc(O)c5n4C(=NC(=O)Nc4ccc(Cl)cc4)N=N5)Cc4ccccc4C3=O)c(O)n21)Nc1ccc(Cl)cc1. The molecule has 0 radical (unpaired) electrons. The second-order valence-electron chi connectivity index (χ2n) is 11.0. The fourth-order valence-corrected chi connectivity index (χ4v) is 6.09. The zero-order chi connectivity index (χ0) is 34.7. The van der Waals surface area contributed by atoms with E-state index in [-0.39, 0.29) is 41.6 Å². The number of carbonyl (C=O) groups excluding carboxylic acids is 3. The number of benzene rings is 3. The molecule has 17 nitrogen and oxygen atoms in total. The number of hydrogen-bond acceptors (Lipinski definition) is 9. The van der Waals surface area contributed by atoms with Crippen LogP contribution in [-0.4, -0.2) is 59.1 Å². The molecule has 0 saturated carbocycles. The molecular weight excluding hydrogens is 691 g/mol. The molecule has 19 heteroatoms. The molecule has 3 aromatic carbocycles. The van der Waals surface area contributed by atoms with E-state index in [0.717, 1.165) is 9.13 Å². The lowest BCUT2D eigenvalue weighted by atomic mass is 9.79. The van der Waals surface area contributed by atoms with Crippen LogP contribution in [0.5, 0.6) is 11.8 Å². The summed E-state index contributed by atoms with van der Waals surface area (Å²) in [6.45, 7) is 0. The van der Waals surface area contributed by atoms with E-state index >= 15 is 0 Å². The average Bonchev–Trinajstić information content (AvgIpc) is 3.90. The average molecular weight is 709 g/mol. The maximum Gasteiger partial charge on any atom is 0.348 e. The molecule has 4 heterocycles. The lowest BCUT2D eigenvalue weighted by molar-refractivity contribution is 0.0918. The first-order valence-corrected chi connectivity index (χ1v) is 15.3. The van der Waals surface area contributed by atoms with Gasteiger partial charge in [0.05, 0.1) is 0 Å². The Bertz CT molecular complexity index is 2410. The van der Waals surface area contributed by atoms with E-state index in [1.165, 1.54) is 0 Å². The van der Waals surface area contributed by atoms with E-state index in [0.29, 0.717) is 32.5 Å². The Kier molecular flexibility index (Phi) is 7.09. The number of ketones is 1. The standard InChI is InChI=1S/C31H18Cl2N12O5/c32-15-5-9-17(10-6-15)34-29(49)38-27-41-40-22-23(47)37-25(44(22)27)31(13-14-3-1-2-4-19(14)21(31)46)20-24(48)45-26(36-20)42-43-28(45)39-30(50)35-18-11-7-16(33)8-12-18/h1-12,47-48H,13H2,(H,34,49)(H,35,50). The summed E-state index contributed by atoms with van der Waals surface area (Å²) in [5.41, 5.74) is -0.549. The van der Waals surface area contributed by atoms with Gasteiger partial charge in [-0.2, -0.15) is 15.0 Å². The molecule has 2 aliphatic heterocycles. The number of carbonyl (C=O) groups is 3. The van der Waals surface area contributed by atoms with Crippen molar-refractivity contribution in [3.8, 4) is 11.8 Å². The summed E-state index contributed by atoms with van der Waals surface area (Å²) in [7, 11) is 0. The Morgan fingerprint density at radius 3 is 1.96 bits per heavy atom. The molecule has 1 atom stereocenters. The van der Waals surface area contributed by atoms with Gasteiger partial charge in [0.25, 0.3) is 23.7 Å². The van der Waals surface area contributed by atoms with Crippen molar-refractivity contribution in [3.63, 3.8) is 0 Å². The maximum atomic E-state index is 14.5. The third kappa shape index (κ3) is 4.91. The van der Waals surface area contributed by atoms with Gasteiger partial charge in [-0.15, -0.1) is 20.5 Å². The lowest BCUT2D eigenvalue weighted by Gasteiger charge is -2.25. The second kappa shape index (κ2) is 11.5. The summed E-state index contributed by atoms with van der Waals surface area (Å²) >= 11 is 11.9. The fourth-order valence-electron chi connectivity index (χ4n) is 5.84. The van der Waals surface area contributed by atoms with Crippen molar-refractivity contribution in [2.24, 2.45) is 30.4 Å². The first kappa shape index (κ1) is 30.7. The summed E-state index contributed by atoms with van der Waals surface area (Å²) in [4.78, 5) is 57.0. The van der Waals surface area contributed by atoms with Crippen molar-refractivity contribution in [3.05, 3.63) is 105 Å². The number of anilines is 2. The molecular formula is C31H18Cl2N12O5. The van der Waals surface area contributed by atoms with Gasteiger partial charge in [-0.1, -0.05) is 47.5 Å². The van der Waals surface area contributed by atoms with Crippen LogP contribution in [0.4, 0.5) is 32.7 Å². The van der Waals surface area contributed by atoms with Crippen molar-refractivity contribution in [1.82, 2.24) is 19.1 Å². The summed E-state index contributed by atoms with van der Waals surface area (Å²) in [5.74, 6) is -3.09. The van der Waals surface area contributed by atoms with Crippen LogP contribution in [0.2, 0.25) is 10.0 Å². The van der Waals surface area contributed by atoms with Gasteiger partial charge in [-0.3, -0.25) is 4.79 Å². The highest BCUT2D eigenvalue weighted by Gasteiger charge is 2.57. The van der Waals surface area contributed by atoms with Crippen LogP contribution in [0.15, 0.2) is 103 Å². The summed E-state index contributed by atoms with van der Waals surface area (Å²) in [6, 6.07) is 17.6. The third-order valence-corrected chi connectivity index (χ3v) is 8.52. The van der Waals surface area contributed by atoms with E-state index in [4.69, 9.17) is 23.2 Å². The van der Waals surface area contributed by atoms with Crippen molar-refractivity contribution in [2.45, 2.75) is 11.8 Å². The predicted molar refractivity (Wildman–Crippen MR) is 179 cm³/mol. The van der Waals surface area contributed by atoms with E-state index < -0.39 is 35.0 Å². The van der Waals surface area contributed by atoms with Crippen LogP contribution in [0, 0.1) is 0 Å². The zero-order valence-electron chi connectivity index (χ0n) is 25.0. The maximum absolute atomic E-state index is 14.5. The van der Waals surface area contributed by atoms with Gasteiger partial charge in [-0.05, 0) is 60.5 Å². The predicted octanol–water partition coefficient (Wildman–Crippen LogP) is 6.59. The van der Waals surface area contributed by atoms with Gasteiger partial charge in [0, 0.05) is 27.0 Å². The lowest BCUT2D eigenvalue weighted by Crippen LogP contribution is -2.39. The minimum Gasteiger partial charge on any atom is -0.493 e. The number of amides is 4. The molecule has 0 saturated heterocycles. The molecule has 3 aliphatic rings. The molecule has 50 heavy (non-hydrogen) atoms. The first-order chi connectivity index (χ1) is 24.1. The first-order valence-electron chi connectivity index (χ1n) is 14.5. The van der Waals surface area contributed by atoms with E-state index in [1.54, 1.807) is 72.8 Å². The minimum atomic E-state index is -1.95. The number of rotatable bonds is 4. The molecule has 4 amide bonds. The van der Waals surface area contributed by atoms with Crippen LogP contribution in [0.1, 0.15) is 27.4 Å². The number of aliphatic imine (C=N–C) groups is 2. The summed E-state index contributed by atoms with van der Waals surface area (Å²) < 4.78 is 2.13. The van der Waals surface area contributed by atoms with Crippen molar-refractivity contribution < 1.29 is 24.6 Å². The van der Waals surface area contributed by atoms with Crippen molar-refractivity contribution >= 4 is 76.1 Å². The molecule has 4 N–H and O–H groups in total. The highest BCUT2D eigenvalue weighted by atomic mass is 35.5. The van der Waals surface area contributed by atoms with Crippen LogP contribution < -0.4 is 10.6 Å².